The number of phenolic OH excluding ortho intramolecular Hbond substituents is 2. The number of benzene rings is 3. The van der Waals surface area contributed by atoms with Crippen LogP contribution in [0.1, 0.15) is 41.3 Å². The molecule has 1 aromatic heterocycles. The van der Waals surface area contributed by atoms with E-state index in [1.54, 1.807) is 60.7 Å². The molecule has 3 aromatic carbocycles. The lowest BCUT2D eigenvalue weighted by Crippen LogP contribution is -2.21. The van der Waals surface area contributed by atoms with Gasteiger partial charge in [-0.15, -0.1) is 11.3 Å². The number of carbonyl (C=O) groups excluding carboxylic acids is 2. The van der Waals surface area contributed by atoms with Crippen molar-refractivity contribution < 1.29 is 19.8 Å². The molecule has 0 aliphatic rings. The molecule has 0 atom stereocenters. The highest BCUT2D eigenvalue weighted by Gasteiger charge is 2.21. The zero-order valence-corrected chi connectivity index (χ0v) is 19.6. The molecule has 0 spiro atoms. The predicted molar refractivity (Wildman–Crippen MR) is 137 cm³/mol. The Morgan fingerprint density at radius 3 is 2.35 bits per heavy atom. The van der Waals surface area contributed by atoms with Gasteiger partial charge in [-0.25, -0.2) is 0 Å². The number of hydrogen-bond acceptors (Lipinski definition) is 5. The van der Waals surface area contributed by atoms with E-state index < -0.39 is 0 Å². The molecule has 0 unspecified atom stereocenters. The molecule has 1 heterocycles. The van der Waals surface area contributed by atoms with E-state index in [0.29, 0.717) is 17.7 Å². The molecule has 0 saturated carbocycles. The van der Waals surface area contributed by atoms with Gasteiger partial charge >= 0.3 is 0 Å². The van der Waals surface area contributed by atoms with Gasteiger partial charge in [-0.05, 0) is 66.1 Å². The van der Waals surface area contributed by atoms with Gasteiger partial charge in [0.15, 0.2) is 5.78 Å². The van der Waals surface area contributed by atoms with Crippen LogP contribution in [0.4, 0.5) is 0 Å². The lowest BCUT2D eigenvalue weighted by Gasteiger charge is -2.06. The zero-order valence-electron chi connectivity index (χ0n) is 18.7. The number of unbranched alkanes of at least 4 members (excludes halogenated alkanes) is 1. The highest BCUT2D eigenvalue weighted by atomic mass is 32.1. The van der Waals surface area contributed by atoms with Crippen LogP contribution in [0.3, 0.4) is 0 Å². The van der Waals surface area contributed by atoms with Crippen LogP contribution in [-0.4, -0.2) is 28.4 Å². The second-order valence-corrected chi connectivity index (χ2v) is 9.01. The van der Waals surface area contributed by atoms with E-state index in [0.717, 1.165) is 38.9 Å². The number of hydrogen-bond donors (Lipinski definition) is 3. The monoisotopic (exact) mass is 471 g/mol. The fourth-order valence-electron chi connectivity index (χ4n) is 3.64. The second kappa shape index (κ2) is 10.4. The fourth-order valence-corrected chi connectivity index (χ4v) is 4.87. The van der Waals surface area contributed by atoms with Crippen molar-refractivity contribution in [2.75, 3.05) is 6.54 Å². The summed E-state index contributed by atoms with van der Waals surface area (Å²) in [5.74, 6) is 0.0194. The smallest absolute Gasteiger partial charge is 0.243 e. The minimum atomic E-state index is -0.139. The highest BCUT2D eigenvalue weighted by molar-refractivity contribution is 7.22. The largest absolute Gasteiger partial charge is 0.508 e. The van der Waals surface area contributed by atoms with E-state index in [-0.39, 0.29) is 23.2 Å². The molecule has 34 heavy (non-hydrogen) atoms. The second-order valence-electron chi connectivity index (χ2n) is 7.96. The number of aromatic hydroxyl groups is 2. The average molecular weight is 472 g/mol. The summed E-state index contributed by atoms with van der Waals surface area (Å²) in [6, 6.07) is 18.8. The van der Waals surface area contributed by atoms with Gasteiger partial charge in [0.25, 0.3) is 0 Å². The van der Waals surface area contributed by atoms with Gasteiger partial charge in [0.05, 0.1) is 0 Å². The third kappa shape index (κ3) is 5.18. The zero-order chi connectivity index (χ0) is 24.1. The maximum absolute atomic E-state index is 13.6. The Morgan fingerprint density at radius 1 is 0.941 bits per heavy atom. The van der Waals surface area contributed by atoms with E-state index in [2.05, 4.69) is 12.2 Å². The Hall–Kier alpha value is -3.90. The molecular formula is C28H25NO4S. The SMILES string of the molecule is CCCCNC(=O)/C=C/c1ccc(C(=O)c2c(-c3ccc(O)cc3)sc3cc(O)ccc23)cc1. The number of nitrogens with one attached hydrogen (secondary N) is 1. The summed E-state index contributed by atoms with van der Waals surface area (Å²) >= 11 is 1.42. The molecule has 1 amide bonds. The highest BCUT2D eigenvalue weighted by Crippen LogP contribution is 2.41. The molecule has 0 radical (unpaired) electrons. The van der Waals surface area contributed by atoms with Crippen molar-refractivity contribution in [1.82, 2.24) is 5.32 Å². The minimum absolute atomic E-state index is 0.132. The van der Waals surface area contributed by atoms with E-state index in [4.69, 9.17) is 0 Å². The molecule has 3 N–H and O–H groups in total. The third-order valence-corrected chi connectivity index (χ3v) is 6.66. The number of thiophene rings is 1. The lowest BCUT2D eigenvalue weighted by atomic mass is 9.97. The first-order valence-corrected chi connectivity index (χ1v) is 11.9. The Morgan fingerprint density at radius 2 is 1.65 bits per heavy atom. The Balaban J connectivity index is 1.64. The van der Waals surface area contributed by atoms with Crippen LogP contribution in [-0.2, 0) is 4.79 Å². The molecular weight excluding hydrogens is 446 g/mol. The summed E-state index contributed by atoms with van der Waals surface area (Å²) in [5.41, 5.74) is 2.72. The summed E-state index contributed by atoms with van der Waals surface area (Å²) < 4.78 is 0.806. The van der Waals surface area contributed by atoms with Gasteiger partial charge in [-0.2, -0.15) is 0 Å². The fraction of sp³-hybridized carbons (Fsp3) is 0.143. The standard InChI is InChI=1S/C28H25NO4S/c1-2-3-16-29-25(32)15-6-18-4-7-19(8-5-18)27(33)26-23-14-13-22(31)17-24(23)34-28(26)20-9-11-21(30)12-10-20/h4-15,17,30-31H,2-3,16H2,1H3,(H,29,32)/b15-6+. The molecule has 5 nitrogen and oxygen atoms in total. The van der Waals surface area contributed by atoms with Gasteiger partial charge < -0.3 is 15.5 Å². The summed E-state index contributed by atoms with van der Waals surface area (Å²) in [5, 5.41) is 23.2. The van der Waals surface area contributed by atoms with E-state index in [9.17, 15) is 19.8 Å². The van der Waals surface area contributed by atoms with Crippen molar-refractivity contribution in [2.24, 2.45) is 0 Å². The maximum Gasteiger partial charge on any atom is 0.243 e. The maximum atomic E-state index is 13.6. The number of fused-ring (bicyclic) bond motifs is 1. The molecule has 4 aromatic rings. The summed E-state index contributed by atoms with van der Waals surface area (Å²) in [7, 11) is 0. The Labute approximate surface area is 202 Å². The van der Waals surface area contributed by atoms with E-state index in [1.807, 2.05) is 12.1 Å². The Kier molecular flexibility index (Phi) is 7.09. The molecule has 0 aliphatic carbocycles. The predicted octanol–water partition coefficient (Wildman–Crippen LogP) is 6.14. The number of rotatable bonds is 8. The van der Waals surface area contributed by atoms with E-state index >= 15 is 0 Å². The number of ketones is 1. The van der Waals surface area contributed by atoms with E-state index in [1.165, 1.54) is 17.4 Å². The van der Waals surface area contributed by atoms with Gasteiger partial charge in [0, 0.05) is 38.7 Å². The van der Waals surface area contributed by atoms with Crippen molar-refractivity contribution in [3.63, 3.8) is 0 Å². The topological polar surface area (TPSA) is 86.6 Å². The van der Waals surface area contributed by atoms with Crippen LogP contribution < -0.4 is 5.32 Å². The molecule has 172 valence electrons. The van der Waals surface area contributed by atoms with Gasteiger partial charge in [0.1, 0.15) is 11.5 Å². The number of phenols is 2. The van der Waals surface area contributed by atoms with Crippen LogP contribution in [0, 0.1) is 0 Å². The summed E-state index contributed by atoms with van der Waals surface area (Å²) in [6.07, 6.45) is 5.18. The van der Waals surface area contributed by atoms with Crippen LogP contribution >= 0.6 is 11.3 Å². The quantitative estimate of drug-likeness (QED) is 0.164. The van der Waals surface area contributed by atoms with Gasteiger partial charge in [0.2, 0.25) is 5.91 Å². The van der Waals surface area contributed by atoms with Crippen LogP contribution in [0.25, 0.3) is 26.6 Å². The normalized spacial score (nSPS) is 11.2. The molecule has 0 bridgehead atoms. The average Bonchev–Trinajstić information content (AvgIpc) is 3.21. The number of amides is 1. The van der Waals surface area contributed by atoms with Gasteiger partial charge in [-0.1, -0.05) is 37.6 Å². The first kappa shape index (κ1) is 23.3. The lowest BCUT2D eigenvalue weighted by molar-refractivity contribution is -0.116. The molecule has 0 fully saturated rings. The number of carbonyl (C=O) groups is 2. The van der Waals surface area contributed by atoms with Gasteiger partial charge in [-0.3, -0.25) is 9.59 Å². The molecule has 0 aliphatic heterocycles. The minimum Gasteiger partial charge on any atom is -0.508 e. The van der Waals surface area contributed by atoms with Crippen LogP contribution in [0.2, 0.25) is 0 Å². The first-order chi connectivity index (χ1) is 16.5. The molecule has 4 rings (SSSR count). The Bertz CT molecular complexity index is 1350. The molecule has 6 heteroatoms. The van der Waals surface area contributed by atoms with Crippen molar-refractivity contribution in [3.8, 4) is 21.9 Å². The van der Waals surface area contributed by atoms with Crippen molar-refractivity contribution in [1.29, 1.82) is 0 Å². The van der Waals surface area contributed by atoms with Crippen molar-refractivity contribution in [3.05, 3.63) is 89.5 Å². The van der Waals surface area contributed by atoms with Crippen molar-refractivity contribution in [2.45, 2.75) is 19.8 Å². The summed E-state index contributed by atoms with van der Waals surface area (Å²) in [4.78, 5) is 26.3. The van der Waals surface area contributed by atoms with Crippen molar-refractivity contribution >= 4 is 39.2 Å². The third-order valence-electron chi connectivity index (χ3n) is 5.46. The van der Waals surface area contributed by atoms with Crippen LogP contribution in [0.15, 0.2) is 72.8 Å². The van der Waals surface area contributed by atoms with Crippen LogP contribution in [0.5, 0.6) is 11.5 Å². The summed E-state index contributed by atoms with van der Waals surface area (Å²) in [6.45, 7) is 2.73. The first-order valence-electron chi connectivity index (χ1n) is 11.1. The molecule has 0 saturated heterocycles.